The number of hydrogen-bond donors (Lipinski definition) is 2. The molecule has 34 heavy (non-hydrogen) atoms. The van der Waals surface area contributed by atoms with Crippen LogP contribution in [0.15, 0.2) is 47.4 Å². The van der Waals surface area contributed by atoms with Crippen LogP contribution in [0.3, 0.4) is 0 Å². The molecule has 0 atom stereocenters. The lowest BCUT2D eigenvalue weighted by Gasteiger charge is -2.26. The van der Waals surface area contributed by atoms with E-state index in [2.05, 4.69) is 11.4 Å². The van der Waals surface area contributed by atoms with Gasteiger partial charge in [0.25, 0.3) is 0 Å². The number of sulfonamides is 1. The smallest absolute Gasteiger partial charge is 0.238 e. The Morgan fingerprint density at radius 1 is 1.21 bits per heavy atom. The number of carbonyl (C=O) groups excluding carboxylic acids is 1. The van der Waals surface area contributed by atoms with E-state index in [4.69, 9.17) is 5.14 Å². The van der Waals surface area contributed by atoms with Gasteiger partial charge >= 0.3 is 0 Å². The van der Waals surface area contributed by atoms with Gasteiger partial charge in [0.1, 0.15) is 22.7 Å². The maximum atomic E-state index is 14.0. The number of benzene rings is 2. The maximum absolute atomic E-state index is 14.0. The molecule has 3 aromatic rings. The van der Waals surface area contributed by atoms with Crippen molar-refractivity contribution in [3.05, 3.63) is 81.2 Å². The maximum Gasteiger partial charge on any atom is 0.238 e. The molecule has 1 aliphatic heterocycles. The van der Waals surface area contributed by atoms with Crippen molar-refractivity contribution in [1.29, 1.82) is 5.26 Å². The SMILES string of the molecule is N#Cc1c(NC(=O)Cc2ccc(S(N)(=O)=O)cc2)sc2c1CCN(Cc1cc(F)ccc1F)C2. The molecule has 1 aromatic heterocycles. The van der Waals surface area contributed by atoms with Gasteiger partial charge in [-0.05, 0) is 47.9 Å². The third-order valence-corrected chi connectivity index (χ3v) is 7.58. The molecule has 0 saturated heterocycles. The van der Waals surface area contributed by atoms with Crippen molar-refractivity contribution in [3.8, 4) is 6.07 Å². The number of amides is 1. The Morgan fingerprint density at radius 3 is 2.62 bits per heavy atom. The van der Waals surface area contributed by atoms with Crippen LogP contribution < -0.4 is 10.5 Å². The van der Waals surface area contributed by atoms with Crippen molar-refractivity contribution in [2.75, 3.05) is 11.9 Å². The largest absolute Gasteiger partial charge is 0.316 e. The van der Waals surface area contributed by atoms with E-state index in [1.165, 1.54) is 41.7 Å². The first-order chi connectivity index (χ1) is 16.1. The third-order valence-electron chi connectivity index (χ3n) is 5.52. The molecule has 0 bridgehead atoms. The number of primary sulfonamides is 1. The minimum absolute atomic E-state index is 0.0106. The molecule has 0 saturated carbocycles. The number of nitrogens with zero attached hydrogens (tertiary/aromatic N) is 2. The van der Waals surface area contributed by atoms with Gasteiger partial charge in [0.2, 0.25) is 15.9 Å². The molecule has 0 radical (unpaired) electrons. The van der Waals surface area contributed by atoms with Crippen molar-refractivity contribution in [1.82, 2.24) is 4.90 Å². The number of thiophene rings is 1. The summed E-state index contributed by atoms with van der Waals surface area (Å²) >= 11 is 1.29. The number of nitrogens with one attached hydrogen (secondary N) is 1. The van der Waals surface area contributed by atoms with Gasteiger partial charge < -0.3 is 5.32 Å². The second kappa shape index (κ2) is 9.60. The average molecular weight is 503 g/mol. The van der Waals surface area contributed by atoms with Crippen LogP contribution in [0.5, 0.6) is 0 Å². The Kier molecular flexibility index (Phi) is 6.77. The standard InChI is InChI=1S/C23H20F2N4O3S2/c24-16-3-6-20(25)15(10-16)12-29-8-7-18-19(11-26)23(33-21(18)13-29)28-22(30)9-14-1-4-17(5-2-14)34(27,31)32/h1-6,10H,7-9,12-13H2,(H,28,30)(H2,27,31,32). The summed E-state index contributed by atoms with van der Waals surface area (Å²) < 4.78 is 50.3. The van der Waals surface area contributed by atoms with Crippen LogP contribution in [0.4, 0.5) is 13.8 Å². The Balaban J connectivity index is 1.46. The fourth-order valence-corrected chi connectivity index (χ4v) is 5.63. The molecular formula is C23H20F2N4O3S2. The van der Waals surface area contributed by atoms with Gasteiger partial charge in [0.05, 0.1) is 16.9 Å². The lowest BCUT2D eigenvalue weighted by atomic mass is 10.0. The van der Waals surface area contributed by atoms with Gasteiger partial charge in [0, 0.05) is 30.1 Å². The summed E-state index contributed by atoms with van der Waals surface area (Å²) in [5, 5.41) is 18.0. The molecule has 3 N–H and O–H groups in total. The fraction of sp³-hybridized carbons (Fsp3) is 0.217. The summed E-state index contributed by atoms with van der Waals surface area (Å²) in [7, 11) is -3.81. The Hall–Kier alpha value is -3.17. The number of nitrogens with two attached hydrogens (primary N) is 1. The zero-order valence-corrected chi connectivity index (χ0v) is 19.5. The number of fused-ring (bicyclic) bond motifs is 1. The Morgan fingerprint density at radius 2 is 1.94 bits per heavy atom. The van der Waals surface area contributed by atoms with Crippen molar-refractivity contribution in [2.45, 2.75) is 30.8 Å². The minimum Gasteiger partial charge on any atom is -0.316 e. The Labute approximate surface area is 199 Å². The van der Waals surface area contributed by atoms with E-state index in [-0.39, 0.29) is 29.3 Å². The zero-order chi connectivity index (χ0) is 24.5. The number of rotatable bonds is 6. The molecule has 7 nitrogen and oxygen atoms in total. The molecule has 1 aliphatic rings. The van der Waals surface area contributed by atoms with E-state index in [0.29, 0.717) is 35.6 Å². The summed E-state index contributed by atoms with van der Waals surface area (Å²) in [6.07, 6.45) is 0.542. The molecule has 0 spiro atoms. The van der Waals surface area contributed by atoms with Gasteiger partial charge in [-0.2, -0.15) is 5.26 Å². The van der Waals surface area contributed by atoms with Crippen LogP contribution >= 0.6 is 11.3 Å². The molecule has 0 unspecified atom stereocenters. The highest BCUT2D eigenvalue weighted by Gasteiger charge is 2.26. The number of carbonyl (C=O) groups is 1. The monoisotopic (exact) mass is 502 g/mol. The molecule has 2 heterocycles. The van der Waals surface area contributed by atoms with Crippen molar-refractivity contribution in [2.24, 2.45) is 5.14 Å². The zero-order valence-electron chi connectivity index (χ0n) is 17.8. The summed E-state index contributed by atoms with van der Waals surface area (Å²) in [6, 6.07) is 11.2. The second-order valence-corrected chi connectivity index (χ2v) is 10.6. The topological polar surface area (TPSA) is 116 Å². The lowest BCUT2D eigenvalue weighted by Crippen LogP contribution is -2.29. The van der Waals surface area contributed by atoms with E-state index in [9.17, 15) is 27.3 Å². The normalized spacial score (nSPS) is 13.8. The number of halogens is 2. The van der Waals surface area contributed by atoms with E-state index in [1.54, 1.807) is 0 Å². The molecular weight excluding hydrogens is 482 g/mol. The molecule has 0 aliphatic carbocycles. The average Bonchev–Trinajstić information content (AvgIpc) is 3.12. The highest BCUT2D eigenvalue weighted by molar-refractivity contribution is 7.89. The first-order valence-electron chi connectivity index (χ1n) is 10.3. The van der Waals surface area contributed by atoms with Crippen LogP contribution in [0, 0.1) is 23.0 Å². The van der Waals surface area contributed by atoms with Crippen molar-refractivity contribution < 1.29 is 22.0 Å². The minimum atomic E-state index is -3.81. The lowest BCUT2D eigenvalue weighted by molar-refractivity contribution is -0.115. The van der Waals surface area contributed by atoms with E-state index >= 15 is 0 Å². The number of nitriles is 1. The van der Waals surface area contributed by atoms with Crippen LogP contribution in [0.2, 0.25) is 0 Å². The Bertz CT molecular complexity index is 1400. The molecule has 4 rings (SSSR count). The summed E-state index contributed by atoms with van der Waals surface area (Å²) in [5.74, 6) is -1.32. The van der Waals surface area contributed by atoms with Gasteiger partial charge in [0.15, 0.2) is 0 Å². The fourth-order valence-electron chi connectivity index (χ4n) is 3.86. The summed E-state index contributed by atoms with van der Waals surface area (Å²) in [6.45, 7) is 1.26. The highest BCUT2D eigenvalue weighted by atomic mass is 32.2. The number of hydrogen-bond acceptors (Lipinski definition) is 6. The van der Waals surface area contributed by atoms with Crippen LogP contribution in [-0.2, 0) is 40.7 Å². The van der Waals surface area contributed by atoms with Crippen LogP contribution in [-0.4, -0.2) is 25.8 Å². The van der Waals surface area contributed by atoms with E-state index in [1.807, 2.05) is 4.90 Å². The van der Waals surface area contributed by atoms with Crippen molar-refractivity contribution >= 4 is 32.3 Å². The number of anilines is 1. The first kappa shape index (κ1) is 24.0. The van der Waals surface area contributed by atoms with Crippen LogP contribution in [0.1, 0.15) is 27.1 Å². The summed E-state index contributed by atoms with van der Waals surface area (Å²) in [4.78, 5) is 15.4. The predicted molar refractivity (Wildman–Crippen MR) is 123 cm³/mol. The second-order valence-electron chi connectivity index (χ2n) is 7.93. The van der Waals surface area contributed by atoms with Crippen molar-refractivity contribution in [3.63, 3.8) is 0 Å². The van der Waals surface area contributed by atoms with Crippen LogP contribution in [0.25, 0.3) is 0 Å². The molecule has 2 aromatic carbocycles. The molecule has 0 fully saturated rings. The van der Waals surface area contributed by atoms with E-state index < -0.39 is 21.7 Å². The highest BCUT2D eigenvalue weighted by Crippen LogP contribution is 2.37. The van der Waals surface area contributed by atoms with Gasteiger partial charge in [-0.1, -0.05) is 12.1 Å². The summed E-state index contributed by atoms with van der Waals surface area (Å²) in [5.41, 5.74) is 2.13. The molecule has 11 heteroatoms. The quantitative estimate of drug-likeness (QED) is 0.537. The van der Waals surface area contributed by atoms with Gasteiger partial charge in [-0.25, -0.2) is 22.3 Å². The molecule has 176 valence electrons. The third kappa shape index (κ3) is 5.31. The van der Waals surface area contributed by atoms with E-state index in [0.717, 1.165) is 22.6 Å². The first-order valence-corrected chi connectivity index (χ1v) is 12.6. The van der Waals surface area contributed by atoms with Gasteiger partial charge in [-0.3, -0.25) is 9.69 Å². The van der Waals surface area contributed by atoms with Gasteiger partial charge in [-0.15, -0.1) is 11.3 Å². The molecule has 1 amide bonds. The predicted octanol–water partition coefficient (Wildman–Crippen LogP) is 3.28.